The van der Waals surface area contributed by atoms with Crippen molar-refractivity contribution in [2.75, 3.05) is 18.5 Å². The largest absolute Gasteiger partial charge is 0.452 e. The number of pyridine rings is 1. The third kappa shape index (κ3) is 5.11. The lowest BCUT2D eigenvalue weighted by Crippen LogP contribution is -2.36. The first-order chi connectivity index (χ1) is 15.2. The van der Waals surface area contributed by atoms with Gasteiger partial charge in [-0.05, 0) is 57.4 Å². The Morgan fingerprint density at radius 2 is 1.59 bits per heavy atom. The SMILES string of the molecule is Cc1cc(C)c(NC(=O)CNC(=O)COC(=O)c2c(C)nc3ccccc3c2C)c(C)c1. The maximum absolute atomic E-state index is 12.6. The lowest BCUT2D eigenvalue weighted by Gasteiger charge is -2.14. The standard InChI is InChI=1S/C25H27N3O4/c1-14-10-15(2)24(16(3)11-14)28-21(29)12-26-22(30)13-32-25(31)23-17(4)19-8-6-7-9-20(19)27-18(23)5/h6-11H,12-13H2,1-5H3,(H,26,30)(H,28,29). The molecule has 0 aliphatic carbocycles. The molecule has 7 heteroatoms. The summed E-state index contributed by atoms with van der Waals surface area (Å²) >= 11 is 0. The maximum atomic E-state index is 12.6. The van der Waals surface area contributed by atoms with Crippen LogP contribution >= 0.6 is 0 Å². The molecule has 3 aromatic rings. The van der Waals surface area contributed by atoms with Gasteiger partial charge in [0.05, 0.1) is 23.3 Å². The van der Waals surface area contributed by atoms with E-state index in [9.17, 15) is 14.4 Å². The van der Waals surface area contributed by atoms with Crippen LogP contribution in [0.4, 0.5) is 5.69 Å². The fraction of sp³-hybridized carbons (Fsp3) is 0.280. The second-order valence-corrected chi connectivity index (χ2v) is 7.89. The molecular formula is C25H27N3O4. The van der Waals surface area contributed by atoms with Crippen molar-refractivity contribution in [1.29, 1.82) is 0 Å². The number of hydrogen-bond acceptors (Lipinski definition) is 5. The number of nitrogens with zero attached hydrogens (tertiary/aromatic N) is 1. The van der Waals surface area contributed by atoms with Gasteiger partial charge in [0, 0.05) is 11.1 Å². The predicted octanol–water partition coefficient (Wildman–Crippen LogP) is 3.69. The number of benzene rings is 2. The molecule has 1 aromatic heterocycles. The number of hydrogen-bond donors (Lipinski definition) is 2. The van der Waals surface area contributed by atoms with Gasteiger partial charge in [-0.15, -0.1) is 0 Å². The van der Waals surface area contributed by atoms with E-state index in [0.29, 0.717) is 11.3 Å². The number of para-hydroxylation sites is 1. The number of rotatable bonds is 6. The predicted molar refractivity (Wildman–Crippen MR) is 124 cm³/mol. The van der Waals surface area contributed by atoms with Crippen molar-refractivity contribution in [2.24, 2.45) is 0 Å². The lowest BCUT2D eigenvalue weighted by atomic mass is 10.0. The van der Waals surface area contributed by atoms with Crippen LogP contribution in [0, 0.1) is 34.6 Å². The zero-order chi connectivity index (χ0) is 23.4. The Kier molecular flexibility index (Phi) is 6.88. The number of amides is 2. The first-order valence-corrected chi connectivity index (χ1v) is 10.3. The van der Waals surface area contributed by atoms with Crippen molar-refractivity contribution in [3.05, 3.63) is 69.9 Å². The minimum Gasteiger partial charge on any atom is -0.452 e. The highest BCUT2D eigenvalue weighted by atomic mass is 16.5. The van der Waals surface area contributed by atoms with E-state index in [4.69, 9.17) is 4.74 Å². The highest BCUT2D eigenvalue weighted by Gasteiger charge is 2.19. The zero-order valence-corrected chi connectivity index (χ0v) is 19.0. The number of carbonyl (C=O) groups excluding carboxylic acids is 3. The zero-order valence-electron chi connectivity index (χ0n) is 19.0. The van der Waals surface area contributed by atoms with Crippen molar-refractivity contribution in [3.63, 3.8) is 0 Å². The first kappa shape index (κ1) is 22.9. The van der Waals surface area contributed by atoms with E-state index in [1.165, 1.54) is 0 Å². The summed E-state index contributed by atoms with van der Waals surface area (Å²) in [5, 5.41) is 6.14. The summed E-state index contributed by atoms with van der Waals surface area (Å²) in [7, 11) is 0. The van der Waals surface area contributed by atoms with E-state index in [-0.39, 0.29) is 12.5 Å². The van der Waals surface area contributed by atoms with E-state index in [0.717, 1.165) is 38.8 Å². The molecule has 0 fully saturated rings. The maximum Gasteiger partial charge on any atom is 0.340 e. The molecule has 0 spiro atoms. The fourth-order valence-corrected chi connectivity index (χ4v) is 3.83. The van der Waals surface area contributed by atoms with Crippen LogP contribution in [0.5, 0.6) is 0 Å². The lowest BCUT2D eigenvalue weighted by molar-refractivity contribution is -0.126. The van der Waals surface area contributed by atoms with E-state index in [1.54, 1.807) is 6.92 Å². The van der Waals surface area contributed by atoms with E-state index in [1.807, 2.05) is 64.1 Å². The Bertz CT molecular complexity index is 1190. The van der Waals surface area contributed by atoms with Gasteiger partial charge >= 0.3 is 5.97 Å². The molecular weight excluding hydrogens is 406 g/mol. The van der Waals surface area contributed by atoms with Gasteiger partial charge in [0.25, 0.3) is 5.91 Å². The number of ether oxygens (including phenoxy) is 1. The fourth-order valence-electron chi connectivity index (χ4n) is 3.83. The number of nitrogens with one attached hydrogen (secondary N) is 2. The molecule has 0 aliphatic rings. The van der Waals surface area contributed by atoms with Gasteiger partial charge in [0.15, 0.2) is 6.61 Å². The Hall–Kier alpha value is -3.74. The summed E-state index contributed by atoms with van der Waals surface area (Å²) in [6.07, 6.45) is 0. The summed E-state index contributed by atoms with van der Waals surface area (Å²) in [6.45, 7) is 8.67. The molecule has 0 unspecified atom stereocenters. The van der Waals surface area contributed by atoms with Crippen molar-refractivity contribution in [1.82, 2.24) is 10.3 Å². The summed E-state index contributed by atoms with van der Waals surface area (Å²) in [5.74, 6) is -1.54. The molecule has 32 heavy (non-hydrogen) atoms. The molecule has 3 rings (SSSR count). The minimum absolute atomic E-state index is 0.223. The highest BCUT2D eigenvalue weighted by molar-refractivity contribution is 5.99. The monoisotopic (exact) mass is 433 g/mol. The van der Waals surface area contributed by atoms with Gasteiger partial charge in [-0.3, -0.25) is 14.6 Å². The number of anilines is 1. The average Bonchev–Trinajstić information content (AvgIpc) is 2.73. The molecule has 0 radical (unpaired) electrons. The van der Waals surface area contributed by atoms with Gasteiger partial charge in [0.2, 0.25) is 5.91 Å². The van der Waals surface area contributed by atoms with Crippen molar-refractivity contribution < 1.29 is 19.1 Å². The summed E-state index contributed by atoms with van der Waals surface area (Å²) in [6, 6.07) is 11.5. The quantitative estimate of drug-likeness (QED) is 0.578. The second-order valence-electron chi connectivity index (χ2n) is 7.89. The smallest absolute Gasteiger partial charge is 0.340 e. The third-order valence-corrected chi connectivity index (χ3v) is 5.26. The molecule has 7 nitrogen and oxygen atoms in total. The van der Waals surface area contributed by atoms with E-state index < -0.39 is 18.5 Å². The molecule has 0 bridgehead atoms. The number of carbonyl (C=O) groups is 3. The molecule has 0 atom stereocenters. The van der Waals surface area contributed by atoms with Crippen molar-refractivity contribution >= 4 is 34.4 Å². The van der Waals surface area contributed by atoms with Gasteiger partial charge in [-0.25, -0.2) is 4.79 Å². The van der Waals surface area contributed by atoms with Crippen LogP contribution in [0.15, 0.2) is 36.4 Å². The Morgan fingerprint density at radius 1 is 0.938 bits per heavy atom. The average molecular weight is 434 g/mol. The van der Waals surface area contributed by atoms with Gasteiger partial charge < -0.3 is 15.4 Å². The minimum atomic E-state index is -0.622. The summed E-state index contributed by atoms with van der Waals surface area (Å²) in [5.41, 5.74) is 6.17. The Morgan fingerprint density at radius 3 is 2.28 bits per heavy atom. The van der Waals surface area contributed by atoms with Crippen LogP contribution in [-0.2, 0) is 14.3 Å². The van der Waals surface area contributed by atoms with Gasteiger partial charge in [-0.2, -0.15) is 0 Å². The number of aromatic nitrogens is 1. The van der Waals surface area contributed by atoms with Crippen LogP contribution in [-0.4, -0.2) is 35.9 Å². The van der Waals surface area contributed by atoms with E-state index >= 15 is 0 Å². The van der Waals surface area contributed by atoms with Crippen molar-refractivity contribution in [3.8, 4) is 0 Å². The number of esters is 1. The van der Waals surface area contributed by atoms with Crippen LogP contribution in [0.3, 0.4) is 0 Å². The normalized spacial score (nSPS) is 10.7. The second kappa shape index (κ2) is 9.60. The number of fused-ring (bicyclic) bond motifs is 1. The Labute approximate surface area is 187 Å². The van der Waals surface area contributed by atoms with Crippen LogP contribution in [0.25, 0.3) is 10.9 Å². The number of aryl methyl sites for hydroxylation is 5. The summed E-state index contributed by atoms with van der Waals surface area (Å²) in [4.78, 5) is 41.4. The summed E-state index contributed by atoms with van der Waals surface area (Å²) < 4.78 is 5.18. The van der Waals surface area contributed by atoms with Crippen LogP contribution in [0.2, 0.25) is 0 Å². The van der Waals surface area contributed by atoms with E-state index in [2.05, 4.69) is 15.6 Å². The topological polar surface area (TPSA) is 97.4 Å². The molecule has 0 saturated carbocycles. The molecule has 2 N–H and O–H groups in total. The van der Waals surface area contributed by atoms with Gasteiger partial charge in [-0.1, -0.05) is 35.9 Å². The van der Waals surface area contributed by atoms with Crippen LogP contribution < -0.4 is 10.6 Å². The molecule has 0 aliphatic heterocycles. The first-order valence-electron chi connectivity index (χ1n) is 10.3. The molecule has 2 amide bonds. The Balaban J connectivity index is 1.56. The molecule has 2 aromatic carbocycles. The molecule has 1 heterocycles. The van der Waals surface area contributed by atoms with Crippen molar-refractivity contribution in [2.45, 2.75) is 34.6 Å². The highest BCUT2D eigenvalue weighted by Crippen LogP contribution is 2.23. The molecule has 166 valence electrons. The molecule has 0 saturated heterocycles. The van der Waals surface area contributed by atoms with Crippen LogP contribution in [0.1, 0.15) is 38.3 Å². The van der Waals surface area contributed by atoms with Gasteiger partial charge in [0.1, 0.15) is 0 Å². The third-order valence-electron chi connectivity index (χ3n) is 5.26.